The highest BCUT2D eigenvalue weighted by atomic mass is 16.3. The highest BCUT2D eigenvalue weighted by Crippen LogP contribution is 2.39. The van der Waals surface area contributed by atoms with Gasteiger partial charge in [0.15, 0.2) is 0 Å². The lowest BCUT2D eigenvalue weighted by Crippen LogP contribution is -2.53. The molecule has 2 rings (SSSR count). The highest BCUT2D eigenvalue weighted by molar-refractivity contribution is 4.95. The first-order valence-electron chi connectivity index (χ1n) is 9.19. The standard InChI is InChI=1S/C18H35NO/c1-2-3-4-5-6-7-10-14-19-15-13-18(20)12-9-8-11-17(18)16-19/h17,20H,2-16H2,1H3. The molecule has 1 aliphatic carbocycles. The number of piperidine rings is 1. The second-order valence-corrected chi connectivity index (χ2v) is 7.22. The highest BCUT2D eigenvalue weighted by Gasteiger charge is 2.42. The van der Waals surface area contributed by atoms with Gasteiger partial charge < -0.3 is 10.0 Å². The molecule has 118 valence electrons. The van der Waals surface area contributed by atoms with Crippen molar-refractivity contribution >= 4 is 0 Å². The summed E-state index contributed by atoms with van der Waals surface area (Å²) in [6.07, 6.45) is 15.7. The summed E-state index contributed by atoms with van der Waals surface area (Å²) in [5, 5.41) is 10.7. The van der Waals surface area contributed by atoms with E-state index in [1.165, 1.54) is 70.8 Å². The van der Waals surface area contributed by atoms with Gasteiger partial charge in [0, 0.05) is 19.0 Å². The SMILES string of the molecule is CCCCCCCCCN1CCC2(O)CCCCC2C1. The number of nitrogens with zero attached hydrogens (tertiary/aromatic N) is 1. The fraction of sp³-hybridized carbons (Fsp3) is 1.00. The van der Waals surface area contributed by atoms with E-state index in [1.54, 1.807) is 0 Å². The fourth-order valence-electron chi connectivity index (χ4n) is 4.14. The normalized spacial score (nSPS) is 31.2. The Hall–Kier alpha value is -0.0800. The van der Waals surface area contributed by atoms with Gasteiger partial charge in [0.25, 0.3) is 0 Å². The van der Waals surface area contributed by atoms with Crippen LogP contribution < -0.4 is 0 Å². The molecule has 1 saturated heterocycles. The Balaban J connectivity index is 1.56. The van der Waals surface area contributed by atoms with Crippen LogP contribution in [-0.4, -0.2) is 35.2 Å². The van der Waals surface area contributed by atoms with Gasteiger partial charge in [-0.3, -0.25) is 0 Å². The molecule has 2 nitrogen and oxygen atoms in total. The summed E-state index contributed by atoms with van der Waals surface area (Å²) in [7, 11) is 0. The van der Waals surface area contributed by atoms with E-state index in [0.717, 1.165) is 25.9 Å². The molecule has 20 heavy (non-hydrogen) atoms. The third kappa shape index (κ3) is 4.73. The Morgan fingerprint density at radius 1 is 1.00 bits per heavy atom. The van der Waals surface area contributed by atoms with E-state index < -0.39 is 0 Å². The first-order valence-corrected chi connectivity index (χ1v) is 9.19. The molecule has 2 unspecified atom stereocenters. The van der Waals surface area contributed by atoms with Crippen molar-refractivity contribution in [1.29, 1.82) is 0 Å². The van der Waals surface area contributed by atoms with E-state index in [1.807, 2.05) is 0 Å². The Bertz CT molecular complexity index is 268. The maximum atomic E-state index is 10.7. The van der Waals surface area contributed by atoms with Crippen LogP contribution in [0.3, 0.4) is 0 Å². The van der Waals surface area contributed by atoms with Gasteiger partial charge in [-0.15, -0.1) is 0 Å². The predicted octanol–water partition coefficient (Wildman–Crippen LogP) is 4.36. The van der Waals surface area contributed by atoms with Gasteiger partial charge in [-0.25, -0.2) is 0 Å². The molecular weight excluding hydrogens is 246 g/mol. The predicted molar refractivity (Wildman–Crippen MR) is 86.0 cm³/mol. The Morgan fingerprint density at radius 2 is 1.75 bits per heavy atom. The van der Waals surface area contributed by atoms with Crippen molar-refractivity contribution in [2.24, 2.45) is 5.92 Å². The molecule has 0 aromatic carbocycles. The smallest absolute Gasteiger partial charge is 0.0700 e. The molecule has 0 bridgehead atoms. The molecular formula is C18H35NO. The molecule has 1 aliphatic heterocycles. The van der Waals surface area contributed by atoms with Gasteiger partial charge in [-0.2, -0.15) is 0 Å². The van der Waals surface area contributed by atoms with E-state index in [9.17, 15) is 5.11 Å². The summed E-state index contributed by atoms with van der Waals surface area (Å²) in [5.41, 5.74) is -0.297. The van der Waals surface area contributed by atoms with Gasteiger partial charge in [-0.05, 0) is 32.2 Å². The lowest BCUT2D eigenvalue weighted by atomic mass is 9.71. The number of unbranched alkanes of at least 4 members (excludes halogenated alkanes) is 6. The number of likely N-dealkylation sites (tertiary alicyclic amines) is 1. The second-order valence-electron chi connectivity index (χ2n) is 7.22. The summed E-state index contributed by atoms with van der Waals surface area (Å²) in [6.45, 7) is 5.83. The molecule has 2 aliphatic rings. The van der Waals surface area contributed by atoms with Crippen LogP contribution in [-0.2, 0) is 0 Å². The van der Waals surface area contributed by atoms with E-state index in [-0.39, 0.29) is 5.60 Å². The van der Waals surface area contributed by atoms with E-state index in [2.05, 4.69) is 11.8 Å². The zero-order valence-corrected chi connectivity index (χ0v) is 13.6. The quantitative estimate of drug-likeness (QED) is 0.668. The number of aliphatic hydroxyl groups is 1. The van der Waals surface area contributed by atoms with Gasteiger partial charge in [0.05, 0.1) is 5.60 Å². The number of rotatable bonds is 8. The maximum Gasteiger partial charge on any atom is 0.0700 e. The Morgan fingerprint density at radius 3 is 2.55 bits per heavy atom. The monoisotopic (exact) mass is 281 g/mol. The van der Waals surface area contributed by atoms with Gasteiger partial charge in [-0.1, -0.05) is 58.3 Å². The van der Waals surface area contributed by atoms with Crippen molar-refractivity contribution in [3.63, 3.8) is 0 Å². The summed E-state index contributed by atoms with van der Waals surface area (Å²) in [6, 6.07) is 0. The van der Waals surface area contributed by atoms with Crippen molar-refractivity contribution < 1.29 is 5.11 Å². The molecule has 0 amide bonds. The largest absolute Gasteiger partial charge is 0.390 e. The van der Waals surface area contributed by atoms with Crippen molar-refractivity contribution in [3.8, 4) is 0 Å². The molecule has 2 atom stereocenters. The average Bonchev–Trinajstić information content (AvgIpc) is 2.46. The van der Waals surface area contributed by atoms with Crippen LogP contribution in [0.25, 0.3) is 0 Å². The topological polar surface area (TPSA) is 23.5 Å². The molecule has 0 aromatic heterocycles. The molecule has 0 aromatic rings. The van der Waals surface area contributed by atoms with E-state index in [0.29, 0.717) is 5.92 Å². The summed E-state index contributed by atoms with van der Waals surface area (Å²) < 4.78 is 0. The van der Waals surface area contributed by atoms with Gasteiger partial charge in [0.2, 0.25) is 0 Å². The summed E-state index contributed by atoms with van der Waals surface area (Å²) >= 11 is 0. The number of hydrogen-bond donors (Lipinski definition) is 1. The fourth-order valence-corrected chi connectivity index (χ4v) is 4.14. The average molecular weight is 281 g/mol. The van der Waals surface area contributed by atoms with E-state index in [4.69, 9.17) is 0 Å². The lowest BCUT2D eigenvalue weighted by Gasteiger charge is -2.47. The summed E-state index contributed by atoms with van der Waals surface area (Å²) in [4.78, 5) is 2.62. The van der Waals surface area contributed by atoms with Crippen LogP contribution in [0, 0.1) is 5.92 Å². The van der Waals surface area contributed by atoms with Crippen molar-refractivity contribution in [3.05, 3.63) is 0 Å². The molecule has 1 N–H and O–H groups in total. The van der Waals surface area contributed by atoms with Crippen LogP contribution in [0.15, 0.2) is 0 Å². The third-order valence-electron chi connectivity index (χ3n) is 5.59. The minimum atomic E-state index is -0.297. The molecule has 2 fully saturated rings. The molecule has 1 heterocycles. The van der Waals surface area contributed by atoms with Crippen molar-refractivity contribution in [1.82, 2.24) is 4.90 Å². The van der Waals surface area contributed by atoms with Crippen LogP contribution in [0.2, 0.25) is 0 Å². The van der Waals surface area contributed by atoms with Crippen molar-refractivity contribution in [2.75, 3.05) is 19.6 Å². The van der Waals surface area contributed by atoms with E-state index >= 15 is 0 Å². The minimum Gasteiger partial charge on any atom is -0.390 e. The molecule has 1 saturated carbocycles. The minimum absolute atomic E-state index is 0.297. The van der Waals surface area contributed by atoms with Gasteiger partial charge >= 0.3 is 0 Å². The molecule has 2 heteroatoms. The summed E-state index contributed by atoms with van der Waals surface area (Å²) in [5.74, 6) is 0.564. The van der Waals surface area contributed by atoms with Gasteiger partial charge in [0.1, 0.15) is 0 Å². The zero-order valence-electron chi connectivity index (χ0n) is 13.6. The van der Waals surface area contributed by atoms with Crippen molar-refractivity contribution in [2.45, 2.75) is 89.6 Å². The second kappa shape index (κ2) is 8.38. The zero-order chi connectivity index (χ0) is 14.3. The Labute approximate surface area is 125 Å². The molecule has 0 spiro atoms. The number of hydrogen-bond acceptors (Lipinski definition) is 2. The van der Waals surface area contributed by atoms with Crippen LogP contribution >= 0.6 is 0 Å². The van der Waals surface area contributed by atoms with Crippen LogP contribution in [0.1, 0.15) is 84.0 Å². The maximum absolute atomic E-state index is 10.7. The number of fused-ring (bicyclic) bond motifs is 1. The first kappa shape index (κ1) is 16.3. The first-order chi connectivity index (χ1) is 9.74. The molecule has 0 radical (unpaired) electrons. The van der Waals surface area contributed by atoms with Crippen LogP contribution in [0.4, 0.5) is 0 Å². The third-order valence-corrected chi connectivity index (χ3v) is 5.59. The van der Waals surface area contributed by atoms with Crippen LogP contribution in [0.5, 0.6) is 0 Å². The Kier molecular flexibility index (Phi) is 6.83. The lowest BCUT2D eigenvalue weighted by molar-refractivity contribution is -0.0953.